The Morgan fingerprint density at radius 3 is 2.64 bits per heavy atom. The van der Waals surface area contributed by atoms with Gasteiger partial charge < -0.3 is 10.1 Å². The molecule has 25 heavy (non-hydrogen) atoms. The van der Waals surface area contributed by atoms with Crippen LogP contribution in [0.2, 0.25) is 0 Å². The quantitative estimate of drug-likeness (QED) is 0.604. The van der Waals surface area contributed by atoms with Crippen LogP contribution in [0.25, 0.3) is 11.0 Å². The maximum absolute atomic E-state index is 12.1. The lowest BCUT2D eigenvalue weighted by molar-refractivity contribution is 0.0601. The van der Waals surface area contributed by atoms with Gasteiger partial charge in [-0.1, -0.05) is 15.9 Å². The standard InChI is InChI=1S/C18H16BrN3O2.ClH/c1-10-8-12(5-7-15(10)19)22-16-13-6-4-11(2)21-17(13)20-9-14(16)18(23)24-3;/h4-9H,1-3H3,(H,20,21,22);1H. The first-order chi connectivity index (χ1) is 11.5. The zero-order valence-corrected chi connectivity index (χ0v) is 16.4. The molecule has 7 heteroatoms. The van der Waals surface area contributed by atoms with E-state index in [-0.39, 0.29) is 12.4 Å². The summed E-state index contributed by atoms with van der Waals surface area (Å²) in [5.74, 6) is -0.443. The van der Waals surface area contributed by atoms with Crippen LogP contribution in [0.1, 0.15) is 21.6 Å². The SMILES string of the molecule is COC(=O)c1cnc2nc(C)ccc2c1Nc1ccc(Br)c(C)c1.Cl. The molecule has 2 aromatic heterocycles. The molecule has 1 N–H and O–H groups in total. The molecule has 0 aliphatic rings. The second-order valence-corrected chi connectivity index (χ2v) is 6.31. The molecule has 0 aliphatic carbocycles. The summed E-state index contributed by atoms with van der Waals surface area (Å²) in [7, 11) is 1.35. The monoisotopic (exact) mass is 421 g/mol. The van der Waals surface area contributed by atoms with E-state index in [1.54, 1.807) is 0 Å². The van der Waals surface area contributed by atoms with Crippen LogP contribution in [-0.4, -0.2) is 23.0 Å². The molecule has 0 radical (unpaired) electrons. The lowest BCUT2D eigenvalue weighted by Gasteiger charge is -2.14. The summed E-state index contributed by atoms with van der Waals surface area (Å²) in [5, 5.41) is 4.08. The first kappa shape index (κ1) is 19.1. The highest BCUT2D eigenvalue weighted by Gasteiger charge is 2.17. The Balaban J connectivity index is 0.00000225. The molecular formula is C18H17BrClN3O2. The van der Waals surface area contributed by atoms with Gasteiger partial charge in [0.1, 0.15) is 5.56 Å². The first-order valence-corrected chi connectivity index (χ1v) is 8.16. The number of aromatic nitrogens is 2. The summed E-state index contributed by atoms with van der Waals surface area (Å²) in [6.07, 6.45) is 1.49. The van der Waals surface area contributed by atoms with E-state index in [2.05, 4.69) is 31.2 Å². The van der Waals surface area contributed by atoms with Crippen molar-refractivity contribution in [3.05, 3.63) is 57.8 Å². The third-order valence-electron chi connectivity index (χ3n) is 3.70. The molecule has 0 spiro atoms. The normalized spacial score (nSPS) is 10.2. The lowest BCUT2D eigenvalue weighted by atomic mass is 10.1. The van der Waals surface area contributed by atoms with Crippen molar-refractivity contribution in [3.8, 4) is 0 Å². The smallest absolute Gasteiger partial charge is 0.341 e. The van der Waals surface area contributed by atoms with Gasteiger partial charge in [-0.2, -0.15) is 0 Å². The van der Waals surface area contributed by atoms with Crippen LogP contribution in [0.4, 0.5) is 11.4 Å². The molecule has 0 atom stereocenters. The third-order valence-corrected chi connectivity index (χ3v) is 4.59. The maximum atomic E-state index is 12.1. The fraction of sp³-hybridized carbons (Fsp3) is 0.167. The largest absolute Gasteiger partial charge is 0.465 e. The Morgan fingerprint density at radius 1 is 1.20 bits per heavy atom. The van der Waals surface area contributed by atoms with Crippen molar-refractivity contribution >= 4 is 56.7 Å². The first-order valence-electron chi connectivity index (χ1n) is 7.37. The van der Waals surface area contributed by atoms with Crippen molar-refractivity contribution in [1.29, 1.82) is 0 Å². The number of carbonyl (C=O) groups is 1. The zero-order chi connectivity index (χ0) is 17.3. The summed E-state index contributed by atoms with van der Waals surface area (Å²) < 4.78 is 5.91. The third kappa shape index (κ3) is 3.91. The average molecular weight is 423 g/mol. The Morgan fingerprint density at radius 2 is 1.96 bits per heavy atom. The molecule has 0 saturated carbocycles. The van der Waals surface area contributed by atoms with E-state index in [0.717, 1.165) is 26.8 Å². The van der Waals surface area contributed by atoms with Crippen LogP contribution < -0.4 is 5.32 Å². The van der Waals surface area contributed by atoms with Gasteiger partial charge in [0.05, 0.1) is 12.8 Å². The van der Waals surface area contributed by atoms with E-state index >= 15 is 0 Å². The molecule has 3 rings (SSSR count). The summed E-state index contributed by atoms with van der Waals surface area (Å²) in [6, 6.07) is 9.69. The highest BCUT2D eigenvalue weighted by Crippen LogP contribution is 2.30. The summed E-state index contributed by atoms with van der Waals surface area (Å²) >= 11 is 3.49. The van der Waals surface area contributed by atoms with Crippen LogP contribution in [0.3, 0.4) is 0 Å². The van der Waals surface area contributed by atoms with Crippen molar-refractivity contribution in [3.63, 3.8) is 0 Å². The number of aryl methyl sites for hydroxylation is 2. The minimum absolute atomic E-state index is 0. The van der Waals surface area contributed by atoms with Crippen molar-refractivity contribution < 1.29 is 9.53 Å². The number of nitrogens with zero attached hydrogens (tertiary/aromatic N) is 2. The van der Waals surface area contributed by atoms with E-state index < -0.39 is 5.97 Å². The molecule has 0 saturated heterocycles. The minimum Gasteiger partial charge on any atom is -0.465 e. The van der Waals surface area contributed by atoms with Gasteiger partial charge in [0.2, 0.25) is 0 Å². The molecule has 130 valence electrons. The maximum Gasteiger partial charge on any atom is 0.341 e. The van der Waals surface area contributed by atoms with Crippen LogP contribution in [0.5, 0.6) is 0 Å². The number of fused-ring (bicyclic) bond motifs is 1. The van der Waals surface area contributed by atoms with Gasteiger partial charge in [-0.15, -0.1) is 12.4 Å². The van der Waals surface area contributed by atoms with Gasteiger partial charge in [0, 0.05) is 27.4 Å². The number of halogens is 2. The second kappa shape index (κ2) is 7.80. The fourth-order valence-corrected chi connectivity index (χ4v) is 2.68. The Hall–Kier alpha value is -2.18. The topological polar surface area (TPSA) is 64.1 Å². The average Bonchev–Trinajstić information content (AvgIpc) is 2.57. The summed E-state index contributed by atoms with van der Waals surface area (Å²) in [4.78, 5) is 20.8. The zero-order valence-electron chi connectivity index (χ0n) is 14.0. The molecule has 0 aliphatic heterocycles. The van der Waals surface area contributed by atoms with Gasteiger partial charge in [0.15, 0.2) is 5.65 Å². The molecule has 1 aromatic carbocycles. The van der Waals surface area contributed by atoms with E-state index in [0.29, 0.717) is 16.9 Å². The molecule has 0 bridgehead atoms. The minimum atomic E-state index is -0.443. The van der Waals surface area contributed by atoms with Crippen LogP contribution in [0.15, 0.2) is 41.0 Å². The van der Waals surface area contributed by atoms with E-state index in [1.807, 2.05) is 44.2 Å². The number of rotatable bonds is 3. The van der Waals surface area contributed by atoms with E-state index in [1.165, 1.54) is 13.3 Å². The number of hydrogen-bond acceptors (Lipinski definition) is 5. The number of ether oxygens (including phenoxy) is 1. The van der Waals surface area contributed by atoms with Gasteiger partial charge >= 0.3 is 5.97 Å². The van der Waals surface area contributed by atoms with Crippen LogP contribution >= 0.6 is 28.3 Å². The Labute approximate surface area is 160 Å². The van der Waals surface area contributed by atoms with E-state index in [4.69, 9.17) is 4.74 Å². The van der Waals surface area contributed by atoms with Gasteiger partial charge in [-0.3, -0.25) is 0 Å². The van der Waals surface area contributed by atoms with Crippen molar-refractivity contribution in [1.82, 2.24) is 9.97 Å². The molecule has 0 amide bonds. The second-order valence-electron chi connectivity index (χ2n) is 5.45. The number of methoxy groups -OCH3 is 1. The van der Waals surface area contributed by atoms with E-state index in [9.17, 15) is 4.79 Å². The van der Waals surface area contributed by atoms with Gasteiger partial charge in [-0.25, -0.2) is 14.8 Å². The van der Waals surface area contributed by atoms with Gasteiger partial charge in [0.25, 0.3) is 0 Å². The Kier molecular flexibility index (Phi) is 5.98. The summed E-state index contributed by atoms with van der Waals surface area (Å²) in [6.45, 7) is 3.91. The molecule has 0 fully saturated rings. The predicted octanol–water partition coefficient (Wildman–Crippen LogP) is 4.96. The molecular weight excluding hydrogens is 406 g/mol. The van der Waals surface area contributed by atoms with Crippen molar-refractivity contribution in [2.45, 2.75) is 13.8 Å². The number of pyridine rings is 2. The number of anilines is 2. The number of benzene rings is 1. The highest BCUT2D eigenvalue weighted by molar-refractivity contribution is 9.10. The van der Waals surface area contributed by atoms with Crippen molar-refractivity contribution in [2.75, 3.05) is 12.4 Å². The Bertz CT molecular complexity index is 947. The molecule has 5 nitrogen and oxygen atoms in total. The molecule has 3 aromatic rings. The van der Waals surface area contributed by atoms with Crippen molar-refractivity contribution in [2.24, 2.45) is 0 Å². The van der Waals surface area contributed by atoms with Gasteiger partial charge in [-0.05, 0) is 49.7 Å². The highest BCUT2D eigenvalue weighted by atomic mass is 79.9. The lowest BCUT2D eigenvalue weighted by Crippen LogP contribution is -2.08. The number of hydrogen-bond donors (Lipinski definition) is 1. The summed E-state index contributed by atoms with van der Waals surface area (Å²) in [5.41, 5.74) is 4.42. The van der Waals surface area contributed by atoms with Crippen LogP contribution in [-0.2, 0) is 4.74 Å². The molecule has 2 heterocycles. The predicted molar refractivity (Wildman–Crippen MR) is 105 cm³/mol. The number of esters is 1. The fourth-order valence-electron chi connectivity index (χ4n) is 2.44. The number of nitrogens with one attached hydrogen (secondary N) is 1. The number of carbonyl (C=O) groups excluding carboxylic acids is 1. The molecule has 0 unspecified atom stereocenters. The van der Waals surface area contributed by atoms with Crippen LogP contribution in [0, 0.1) is 13.8 Å².